The van der Waals surface area contributed by atoms with Gasteiger partial charge in [0.05, 0.1) is 12.0 Å². The number of nitrogens with two attached hydrogens (primary N) is 1. The molecule has 0 radical (unpaired) electrons. The smallest absolute Gasteiger partial charge is 0.241 e. The molecule has 0 unspecified atom stereocenters. The number of hydrogen-bond donors (Lipinski definition) is 2. The first-order chi connectivity index (χ1) is 9.58. The van der Waals surface area contributed by atoms with E-state index in [0.29, 0.717) is 6.54 Å². The first-order valence-electron chi connectivity index (χ1n) is 6.97. The van der Waals surface area contributed by atoms with Gasteiger partial charge in [0.2, 0.25) is 11.8 Å². The minimum atomic E-state index is -0.273. The van der Waals surface area contributed by atoms with E-state index >= 15 is 0 Å². The van der Waals surface area contributed by atoms with E-state index in [1.54, 1.807) is 0 Å². The number of nitrogens with zero attached hydrogens (tertiary/aromatic N) is 1. The second-order valence-corrected chi connectivity index (χ2v) is 5.27. The number of carbonyl (C=O) groups excluding carboxylic acids is 2. The molecule has 3 N–H and O–H groups in total. The molecule has 1 aromatic carbocycles. The highest BCUT2D eigenvalue weighted by atomic mass is 16.2. The molecule has 1 aromatic rings. The largest absolute Gasteiger partial charge is 0.369 e. The van der Waals surface area contributed by atoms with Crippen LogP contribution in [0.1, 0.15) is 19.8 Å². The maximum absolute atomic E-state index is 12.2. The van der Waals surface area contributed by atoms with Crippen LogP contribution >= 0.6 is 0 Å². The quantitative estimate of drug-likeness (QED) is 0.867. The van der Waals surface area contributed by atoms with Crippen molar-refractivity contribution in [2.24, 2.45) is 11.7 Å². The molecule has 0 saturated carbocycles. The Balaban J connectivity index is 1.94. The third-order valence-electron chi connectivity index (χ3n) is 3.82. The average Bonchev–Trinajstić information content (AvgIpc) is 2.47. The molecule has 1 fully saturated rings. The number of piperidine rings is 1. The topological polar surface area (TPSA) is 75.4 Å². The van der Waals surface area contributed by atoms with Crippen LogP contribution in [0.2, 0.25) is 0 Å². The predicted molar refractivity (Wildman–Crippen MR) is 78.0 cm³/mol. The number of carbonyl (C=O) groups is 2. The van der Waals surface area contributed by atoms with E-state index in [2.05, 4.69) is 5.32 Å². The molecule has 0 spiro atoms. The molecule has 5 heteroatoms. The number of likely N-dealkylation sites (tertiary alicyclic amines) is 1. The summed E-state index contributed by atoms with van der Waals surface area (Å²) < 4.78 is 0. The number of hydrogen-bond acceptors (Lipinski definition) is 3. The lowest BCUT2D eigenvalue weighted by molar-refractivity contribution is -0.127. The van der Waals surface area contributed by atoms with E-state index in [-0.39, 0.29) is 23.8 Å². The molecule has 1 aliphatic heterocycles. The maximum Gasteiger partial charge on any atom is 0.241 e. The summed E-state index contributed by atoms with van der Waals surface area (Å²) in [6.07, 6.45) is 1.72. The molecule has 1 aliphatic rings. The number of para-hydroxylation sites is 1. The standard InChI is InChI=1S/C15H21N3O2/c1-11(15(20)17-13-7-3-2-4-8-13)18-9-5-6-12(10-18)14(16)19/h2-4,7-8,11-12H,5-6,9-10H2,1H3,(H2,16,19)(H,17,20)/t11-,12-/m0/s1. The molecule has 1 heterocycles. The Kier molecular flexibility index (Phi) is 4.74. The first kappa shape index (κ1) is 14.5. The predicted octanol–water partition coefficient (Wildman–Crippen LogP) is 1.21. The molecule has 2 atom stereocenters. The van der Waals surface area contributed by atoms with Gasteiger partial charge in [-0.1, -0.05) is 18.2 Å². The van der Waals surface area contributed by atoms with Gasteiger partial charge >= 0.3 is 0 Å². The Bertz CT molecular complexity index is 475. The summed E-state index contributed by atoms with van der Waals surface area (Å²) in [5, 5.41) is 2.89. The lowest BCUT2D eigenvalue weighted by atomic mass is 9.96. The molecule has 0 aromatic heterocycles. The van der Waals surface area contributed by atoms with Crippen LogP contribution < -0.4 is 11.1 Å². The molecule has 20 heavy (non-hydrogen) atoms. The second-order valence-electron chi connectivity index (χ2n) is 5.27. The van der Waals surface area contributed by atoms with E-state index in [4.69, 9.17) is 5.73 Å². The molecule has 5 nitrogen and oxygen atoms in total. The molecular weight excluding hydrogens is 254 g/mol. The lowest BCUT2D eigenvalue weighted by Crippen LogP contribution is -2.49. The zero-order valence-electron chi connectivity index (χ0n) is 11.7. The zero-order valence-corrected chi connectivity index (χ0v) is 11.7. The van der Waals surface area contributed by atoms with Crippen LogP contribution in [0.15, 0.2) is 30.3 Å². The van der Waals surface area contributed by atoms with Crippen LogP contribution in [0, 0.1) is 5.92 Å². The van der Waals surface area contributed by atoms with Crippen molar-refractivity contribution >= 4 is 17.5 Å². The SMILES string of the molecule is C[C@@H](C(=O)Nc1ccccc1)N1CCC[C@H](C(N)=O)C1. The summed E-state index contributed by atoms with van der Waals surface area (Å²) in [6.45, 7) is 3.26. The van der Waals surface area contributed by atoms with Crippen LogP contribution in [0.4, 0.5) is 5.69 Å². The second kappa shape index (κ2) is 6.52. The van der Waals surface area contributed by atoms with E-state index < -0.39 is 0 Å². The van der Waals surface area contributed by atoms with Crippen molar-refractivity contribution in [1.29, 1.82) is 0 Å². The summed E-state index contributed by atoms with van der Waals surface area (Å²) >= 11 is 0. The van der Waals surface area contributed by atoms with Crippen molar-refractivity contribution in [3.8, 4) is 0 Å². The molecule has 0 bridgehead atoms. The average molecular weight is 275 g/mol. The van der Waals surface area contributed by atoms with Gasteiger partial charge in [0.25, 0.3) is 0 Å². The Morgan fingerprint density at radius 3 is 2.70 bits per heavy atom. The fraction of sp³-hybridized carbons (Fsp3) is 0.467. The summed E-state index contributed by atoms with van der Waals surface area (Å²) in [5.74, 6) is -0.470. The van der Waals surface area contributed by atoms with Crippen molar-refractivity contribution < 1.29 is 9.59 Å². The van der Waals surface area contributed by atoms with E-state index in [0.717, 1.165) is 25.1 Å². The Morgan fingerprint density at radius 1 is 1.35 bits per heavy atom. The molecule has 0 aliphatic carbocycles. The Labute approximate surface area is 119 Å². The van der Waals surface area contributed by atoms with Crippen molar-refractivity contribution in [3.05, 3.63) is 30.3 Å². The lowest BCUT2D eigenvalue weighted by Gasteiger charge is -2.34. The monoisotopic (exact) mass is 275 g/mol. The van der Waals surface area contributed by atoms with Crippen molar-refractivity contribution in [1.82, 2.24) is 4.90 Å². The van der Waals surface area contributed by atoms with Gasteiger partial charge in [0, 0.05) is 12.2 Å². The van der Waals surface area contributed by atoms with Gasteiger partial charge in [-0.25, -0.2) is 0 Å². The van der Waals surface area contributed by atoms with Crippen LogP contribution in [0.25, 0.3) is 0 Å². The fourth-order valence-electron chi connectivity index (χ4n) is 2.52. The van der Waals surface area contributed by atoms with Crippen LogP contribution in [0.5, 0.6) is 0 Å². The van der Waals surface area contributed by atoms with Crippen molar-refractivity contribution in [2.75, 3.05) is 18.4 Å². The number of benzene rings is 1. The van der Waals surface area contributed by atoms with E-state index in [1.807, 2.05) is 42.2 Å². The van der Waals surface area contributed by atoms with Gasteiger partial charge in [-0.05, 0) is 38.4 Å². The normalized spacial score (nSPS) is 21.1. The van der Waals surface area contributed by atoms with Gasteiger partial charge in [0.1, 0.15) is 0 Å². The third kappa shape index (κ3) is 3.57. The Morgan fingerprint density at radius 2 is 2.05 bits per heavy atom. The molecule has 108 valence electrons. The van der Waals surface area contributed by atoms with Gasteiger partial charge in [0.15, 0.2) is 0 Å². The number of anilines is 1. The Hall–Kier alpha value is -1.88. The molecule has 2 amide bonds. The highest BCUT2D eigenvalue weighted by Gasteiger charge is 2.29. The summed E-state index contributed by atoms with van der Waals surface area (Å²) in [7, 11) is 0. The first-order valence-corrected chi connectivity index (χ1v) is 6.97. The summed E-state index contributed by atoms with van der Waals surface area (Å²) in [5.41, 5.74) is 6.15. The summed E-state index contributed by atoms with van der Waals surface area (Å²) in [4.78, 5) is 25.5. The maximum atomic E-state index is 12.2. The van der Waals surface area contributed by atoms with Crippen LogP contribution in [-0.4, -0.2) is 35.8 Å². The minimum Gasteiger partial charge on any atom is -0.369 e. The van der Waals surface area contributed by atoms with Gasteiger partial charge in [-0.3, -0.25) is 14.5 Å². The van der Waals surface area contributed by atoms with Crippen LogP contribution in [0.3, 0.4) is 0 Å². The number of rotatable bonds is 4. The molecular formula is C15H21N3O2. The van der Waals surface area contributed by atoms with Gasteiger partial charge < -0.3 is 11.1 Å². The highest BCUT2D eigenvalue weighted by Crippen LogP contribution is 2.19. The fourth-order valence-corrected chi connectivity index (χ4v) is 2.52. The molecule has 2 rings (SSSR count). The van der Waals surface area contributed by atoms with Gasteiger partial charge in [-0.2, -0.15) is 0 Å². The van der Waals surface area contributed by atoms with Gasteiger partial charge in [-0.15, -0.1) is 0 Å². The number of nitrogens with one attached hydrogen (secondary N) is 1. The highest BCUT2D eigenvalue weighted by molar-refractivity contribution is 5.94. The van der Waals surface area contributed by atoms with Crippen LogP contribution in [-0.2, 0) is 9.59 Å². The van der Waals surface area contributed by atoms with Crippen molar-refractivity contribution in [3.63, 3.8) is 0 Å². The number of primary amides is 1. The zero-order chi connectivity index (χ0) is 14.5. The minimum absolute atomic E-state index is 0.0543. The third-order valence-corrected chi connectivity index (χ3v) is 3.82. The van der Waals surface area contributed by atoms with E-state index in [9.17, 15) is 9.59 Å². The summed E-state index contributed by atoms with van der Waals surface area (Å²) in [6, 6.07) is 9.10. The number of amides is 2. The van der Waals surface area contributed by atoms with Crippen molar-refractivity contribution in [2.45, 2.75) is 25.8 Å². The molecule has 1 saturated heterocycles. The van der Waals surface area contributed by atoms with E-state index in [1.165, 1.54) is 0 Å².